The Balaban J connectivity index is 1.83. The van der Waals surface area contributed by atoms with Crippen molar-refractivity contribution in [3.63, 3.8) is 0 Å². The van der Waals surface area contributed by atoms with Crippen LogP contribution in [0.4, 0.5) is 5.69 Å². The highest BCUT2D eigenvalue weighted by Crippen LogP contribution is 2.32. The summed E-state index contributed by atoms with van der Waals surface area (Å²) >= 11 is 1.46. The predicted molar refractivity (Wildman–Crippen MR) is 82.2 cm³/mol. The van der Waals surface area contributed by atoms with Gasteiger partial charge < -0.3 is 10.8 Å². The van der Waals surface area contributed by atoms with Crippen molar-refractivity contribution in [3.8, 4) is 0 Å². The molecule has 0 spiro atoms. The molecule has 1 aromatic rings. The number of anilines is 1. The molecular weight excluding hydrogens is 296 g/mol. The number of rotatable bonds is 7. The van der Waals surface area contributed by atoms with E-state index >= 15 is 0 Å². The van der Waals surface area contributed by atoms with E-state index in [-0.39, 0.29) is 12.4 Å². The van der Waals surface area contributed by atoms with Gasteiger partial charge in [-0.15, -0.1) is 11.8 Å². The van der Waals surface area contributed by atoms with Gasteiger partial charge in [0.05, 0.1) is 17.9 Å². The van der Waals surface area contributed by atoms with Crippen molar-refractivity contribution in [2.24, 2.45) is 0 Å². The first-order valence-corrected chi connectivity index (χ1v) is 9.19. The lowest BCUT2D eigenvalue weighted by Gasteiger charge is -2.40. The standard InChI is InChI=1S/C13H20N2O3S2/c14-11-3-1-4-12(9-11)19-7-8-20(17,18)15-13(10-16)5-2-6-13/h1,3-4,9,15-16H,2,5-8,10,14H2. The lowest BCUT2D eigenvalue weighted by atomic mass is 9.78. The van der Waals surface area contributed by atoms with E-state index in [1.165, 1.54) is 11.8 Å². The monoisotopic (exact) mass is 316 g/mol. The van der Waals surface area contributed by atoms with Gasteiger partial charge in [0.1, 0.15) is 0 Å². The van der Waals surface area contributed by atoms with Gasteiger partial charge in [-0.1, -0.05) is 6.07 Å². The van der Waals surface area contributed by atoms with Crippen LogP contribution in [0.25, 0.3) is 0 Å². The molecule has 0 aliphatic heterocycles. The van der Waals surface area contributed by atoms with Gasteiger partial charge in [-0.05, 0) is 37.5 Å². The molecule has 0 atom stereocenters. The predicted octanol–water partition coefficient (Wildman–Crippen LogP) is 1.20. The minimum atomic E-state index is -3.35. The molecule has 0 heterocycles. The molecule has 5 nitrogen and oxygen atoms in total. The number of thioether (sulfide) groups is 1. The highest BCUT2D eigenvalue weighted by atomic mass is 32.2. The van der Waals surface area contributed by atoms with E-state index in [1.807, 2.05) is 18.2 Å². The van der Waals surface area contributed by atoms with Crippen LogP contribution in [0.1, 0.15) is 19.3 Å². The molecule has 1 aliphatic carbocycles. The molecule has 0 aromatic heterocycles. The molecule has 20 heavy (non-hydrogen) atoms. The number of aliphatic hydroxyl groups is 1. The number of benzene rings is 1. The minimum Gasteiger partial charge on any atom is -0.399 e. The average Bonchev–Trinajstić information content (AvgIpc) is 2.34. The molecular formula is C13H20N2O3S2. The summed E-state index contributed by atoms with van der Waals surface area (Å²) in [5.41, 5.74) is 5.73. The lowest BCUT2D eigenvalue weighted by Crippen LogP contribution is -2.56. The van der Waals surface area contributed by atoms with Crippen LogP contribution >= 0.6 is 11.8 Å². The molecule has 7 heteroatoms. The number of aliphatic hydroxyl groups excluding tert-OH is 1. The second-order valence-electron chi connectivity index (χ2n) is 5.13. The molecule has 112 valence electrons. The molecule has 1 aromatic carbocycles. The van der Waals surface area contributed by atoms with Crippen LogP contribution in [0, 0.1) is 0 Å². The van der Waals surface area contributed by atoms with E-state index in [4.69, 9.17) is 5.73 Å². The van der Waals surface area contributed by atoms with Crippen LogP contribution in [0.2, 0.25) is 0 Å². The fourth-order valence-corrected chi connectivity index (χ4v) is 5.02. The molecule has 1 fully saturated rings. The Morgan fingerprint density at radius 3 is 2.70 bits per heavy atom. The molecule has 0 radical (unpaired) electrons. The van der Waals surface area contributed by atoms with Crippen molar-refractivity contribution < 1.29 is 13.5 Å². The maximum absolute atomic E-state index is 12.0. The van der Waals surface area contributed by atoms with Gasteiger partial charge in [0.2, 0.25) is 10.0 Å². The third-order valence-electron chi connectivity index (χ3n) is 3.46. The molecule has 0 bridgehead atoms. The Morgan fingerprint density at radius 2 is 2.15 bits per heavy atom. The van der Waals surface area contributed by atoms with Crippen LogP contribution in [0.15, 0.2) is 29.2 Å². The molecule has 0 unspecified atom stereocenters. The fourth-order valence-electron chi connectivity index (χ4n) is 2.15. The van der Waals surface area contributed by atoms with Crippen molar-refractivity contribution in [2.75, 3.05) is 23.8 Å². The largest absolute Gasteiger partial charge is 0.399 e. The molecule has 4 N–H and O–H groups in total. The zero-order valence-electron chi connectivity index (χ0n) is 11.2. The Kier molecular flexibility index (Phi) is 4.95. The van der Waals surface area contributed by atoms with E-state index in [2.05, 4.69) is 4.72 Å². The van der Waals surface area contributed by atoms with Gasteiger partial charge in [0.15, 0.2) is 0 Å². The first-order chi connectivity index (χ1) is 9.45. The summed E-state index contributed by atoms with van der Waals surface area (Å²) in [7, 11) is -3.35. The second-order valence-corrected chi connectivity index (χ2v) is 8.14. The van der Waals surface area contributed by atoms with E-state index in [0.717, 1.165) is 11.3 Å². The van der Waals surface area contributed by atoms with Crippen molar-refractivity contribution in [1.82, 2.24) is 4.72 Å². The molecule has 1 saturated carbocycles. The van der Waals surface area contributed by atoms with Crippen LogP contribution in [0.5, 0.6) is 0 Å². The van der Waals surface area contributed by atoms with Crippen LogP contribution < -0.4 is 10.5 Å². The summed E-state index contributed by atoms with van der Waals surface area (Å²) in [6.45, 7) is -0.130. The maximum Gasteiger partial charge on any atom is 0.213 e. The van der Waals surface area contributed by atoms with Gasteiger partial charge in [0.25, 0.3) is 0 Å². The van der Waals surface area contributed by atoms with Gasteiger partial charge in [-0.2, -0.15) is 0 Å². The molecule has 1 aliphatic rings. The number of nitrogens with one attached hydrogen (secondary N) is 1. The van der Waals surface area contributed by atoms with E-state index in [1.54, 1.807) is 6.07 Å². The fraction of sp³-hybridized carbons (Fsp3) is 0.538. The summed E-state index contributed by atoms with van der Waals surface area (Å²) < 4.78 is 26.6. The van der Waals surface area contributed by atoms with Crippen LogP contribution in [-0.2, 0) is 10.0 Å². The first-order valence-electron chi connectivity index (χ1n) is 6.56. The maximum atomic E-state index is 12.0. The Bertz CT molecular complexity index is 551. The van der Waals surface area contributed by atoms with E-state index < -0.39 is 15.6 Å². The summed E-state index contributed by atoms with van der Waals surface area (Å²) in [5.74, 6) is 0.495. The normalized spacial score (nSPS) is 17.6. The first kappa shape index (κ1) is 15.6. The molecule has 0 amide bonds. The summed E-state index contributed by atoms with van der Waals surface area (Å²) in [6.07, 6.45) is 2.39. The van der Waals surface area contributed by atoms with Gasteiger partial charge in [-0.25, -0.2) is 13.1 Å². The zero-order valence-corrected chi connectivity index (χ0v) is 12.8. The summed E-state index contributed by atoms with van der Waals surface area (Å²) in [6, 6.07) is 7.37. The number of sulfonamides is 1. The van der Waals surface area contributed by atoms with E-state index in [9.17, 15) is 13.5 Å². The van der Waals surface area contributed by atoms with Gasteiger partial charge >= 0.3 is 0 Å². The Hall–Kier alpha value is -0.760. The Labute approximate surface area is 124 Å². The topological polar surface area (TPSA) is 92.4 Å². The lowest BCUT2D eigenvalue weighted by molar-refractivity contribution is 0.111. The number of hydrogen-bond acceptors (Lipinski definition) is 5. The van der Waals surface area contributed by atoms with E-state index in [0.29, 0.717) is 24.3 Å². The third-order valence-corrected chi connectivity index (χ3v) is 6.20. The zero-order chi connectivity index (χ0) is 14.6. The number of hydrogen-bond donors (Lipinski definition) is 3. The highest BCUT2D eigenvalue weighted by Gasteiger charge is 2.39. The average molecular weight is 316 g/mol. The number of nitrogen functional groups attached to an aromatic ring is 1. The Morgan fingerprint density at radius 1 is 1.40 bits per heavy atom. The van der Waals surface area contributed by atoms with Gasteiger partial charge in [0, 0.05) is 16.3 Å². The summed E-state index contributed by atoms with van der Waals surface area (Å²) in [4.78, 5) is 0.959. The minimum absolute atomic E-state index is 0.0359. The van der Waals surface area contributed by atoms with Crippen LogP contribution in [-0.4, -0.2) is 37.2 Å². The van der Waals surface area contributed by atoms with Crippen molar-refractivity contribution in [3.05, 3.63) is 24.3 Å². The van der Waals surface area contributed by atoms with Crippen LogP contribution in [0.3, 0.4) is 0 Å². The van der Waals surface area contributed by atoms with Crippen molar-refractivity contribution >= 4 is 27.5 Å². The third kappa shape index (κ3) is 4.12. The van der Waals surface area contributed by atoms with Crippen molar-refractivity contribution in [2.45, 2.75) is 29.7 Å². The second kappa shape index (κ2) is 6.34. The summed E-state index contributed by atoms with van der Waals surface area (Å²) in [5, 5.41) is 9.29. The van der Waals surface area contributed by atoms with Crippen molar-refractivity contribution in [1.29, 1.82) is 0 Å². The van der Waals surface area contributed by atoms with Gasteiger partial charge in [-0.3, -0.25) is 0 Å². The highest BCUT2D eigenvalue weighted by molar-refractivity contribution is 8.00. The quantitative estimate of drug-likeness (QED) is 0.519. The number of nitrogens with two attached hydrogens (primary N) is 1. The SMILES string of the molecule is Nc1cccc(SCCS(=O)(=O)NC2(CO)CCC2)c1. The molecule has 0 saturated heterocycles. The smallest absolute Gasteiger partial charge is 0.213 e. The molecule has 2 rings (SSSR count).